The molecule has 3 aromatic carbocycles. The Balaban J connectivity index is 1.99. The molecular formula is C23H22FNO4. The molecule has 1 atom stereocenters. The molecule has 0 spiro atoms. The van der Waals surface area contributed by atoms with E-state index in [0.29, 0.717) is 22.8 Å². The van der Waals surface area contributed by atoms with Gasteiger partial charge in [-0.15, -0.1) is 0 Å². The minimum Gasteiger partial charge on any atom is -0.497 e. The number of hydrogen-bond acceptors (Lipinski definition) is 4. The highest BCUT2D eigenvalue weighted by Crippen LogP contribution is 2.33. The largest absolute Gasteiger partial charge is 0.497 e. The Morgan fingerprint density at radius 1 is 0.793 bits per heavy atom. The monoisotopic (exact) mass is 395 g/mol. The van der Waals surface area contributed by atoms with Crippen molar-refractivity contribution in [1.29, 1.82) is 0 Å². The molecule has 0 bridgehead atoms. The summed E-state index contributed by atoms with van der Waals surface area (Å²) in [6.07, 6.45) is 0. The third-order valence-corrected chi connectivity index (χ3v) is 4.57. The van der Waals surface area contributed by atoms with Gasteiger partial charge in [0.15, 0.2) is 11.5 Å². The van der Waals surface area contributed by atoms with Crippen LogP contribution in [0.25, 0.3) is 0 Å². The van der Waals surface area contributed by atoms with Gasteiger partial charge in [-0.2, -0.15) is 0 Å². The maximum absolute atomic E-state index is 13.2. The summed E-state index contributed by atoms with van der Waals surface area (Å²) >= 11 is 0. The number of rotatable bonds is 7. The Kier molecular flexibility index (Phi) is 6.34. The number of hydrogen-bond donors (Lipinski definition) is 1. The zero-order chi connectivity index (χ0) is 20.8. The fraction of sp³-hybridized carbons (Fsp3) is 0.174. The predicted octanol–water partition coefficient (Wildman–Crippen LogP) is 4.37. The molecule has 1 amide bonds. The first-order valence-electron chi connectivity index (χ1n) is 8.98. The smallest absolute Gasteiger partial charge is 0.252 e. The molecule has 3 rings (SSSR count). The first kappa shape index (κ1) is 20.2. The molecule has 0 saturated heterocycles. The Bertz CT molecular complexity index is 971. The molecule has 0 aliphatic rings. The fourth-order valence-electron chi connectivity index (χ4n) is 3.00. The van der Waals surface area contributed by atoms with Gasteiger partial charge >= 0.3 is 0 Å². The van der Waals surface area contributed by atoms with Crippen LogP contribution in [0.3, 0.4) is 0 Å². The van der Waals surface area contributed by atoms with Crippen molar-refractivity contribution in [3.8, 4) is 17.2 Å². The standard InChI is InChI=1S/C23H22FNO4/c1-27-19-11-6-15(7-12-19)22(17-8-13-20(28-2)21(14-17)29-3)25-23(26)16-4-9-18(24)10-5-16/h4-14,22H,1-3H3,(H,25,26). The summed E-state index contributed by atoms with van der Waals surface area (Å²) in [4.78, 5) is 12.8. The van der Waals surface area contributed by atoms with Crippen LogP contribution in [-0.2, 0) is 0 Å². The van der Waals surface area contributed by atoms with Crippen LogP contribution in [0.5, 0.6) is 17.2 Å². The lowest BCUT2D eigenvalue weighted by Gasteiger charge is -2.21. The Morgan fingerprint density at radius 2 is 1.41 bits per heavy atom. The van der Waals surface area contributed by atoms with E-state index >= 15 is 0 Å². The molecule has 0 radical (unpaired) electrons. The molecule has 0 fully saturated rings. The van der Waals surface area contributed by atoms with E-state index in [2.05, 4.69) is 5.32 Å². The molecule has 1 unspecified atom stereocenters. The number of halogens is 1. The van der Waals surface area contributed by atoms with Crippen LogP contribution in [0.15, 0.2) is 66.7 Å². The van der Waals surface area contributed by atoms with Crippen LogP contribution in [0.4, 0.5) is 4.39 Å². The normalized spacial score (nSPS) is 11.4. The van der Waals surface area contributed by atoms with Crippen molar-refractivity contribution in [3.05, 3.63) is 89.2 Å². The van der Waals surface area contributed by atoms with Gasteiger partial charge in [0.2, 0.25) is 0 Å². The fourth-order valence-corrected chi connectivity index (χ4v) is 3.00. The number of ether oxygens (including phenoxy) is 3. The highest BCUT2D eigenvalue weighted by atomic mass is 19.1. The van der Waals surface area contributed by atoms with Gasteiger partial charge in [-0.3, -0.25) is 4.79 Å². The molecule has 0 aliphatic carbocycles. The highest BCUT2D eigenvalue weighted by molar-refractivity contribution is 5.94. The van der Waals surface area contributed by atoms with Gasteiger partial charge in [-0.05, 0) is 59.7 Å². The third-order valence-electron chi connectivity index (χ3n) is 4.57. The second-order valence-corrected chi connectivity index (χ2v) is 6.30. The van der Waals surface area contributed by atoms with Gasteiger partial charge in [0.25, 0.3) is 5.91 Å². The van der Waals surface area contributed by atoms with Crippen LogP contribution in [0.1, 0.15) is 27.5 Å². The van der Waals surface area contributed by atoms with Crippen molar-refractivity contribution in [2.24, 2.45) is 0 Å². The summed E-state index contributed by atoms with van der Waals surface area (Å²) in [6, 6.07) is 17.8. The second-order valence-electron chi connectivity index (χ2n) is 6.30. The number of carbonyl (C=O) groups is 1. The van der Waals surface area contributed by atoms with E-state index in [1.54, 1.807) is 27.4 Å². The summed E-state index contributed by atoms with van der Waals surface area (Å²) < 4.78 is 29.1. The van der Waals surface area contributed by atoms with E-state index in [4.69, 9.17) is 14.2 Å². The highest BCUT2D eigenvalue weighted by Gasteiger charge is 2.20. The summed E-state index contributed by atoms with van der Waals surface area (Å²) in [5, 5.41) is 3.01. The van der Waals surface area contributed by atoms with Crippen molar-refractivity contribution < 1.29 is 23.4 Å². The van der Waals surface area contributed by atoms with E-state index in [1.165, 1.54) is 24.3 Å². The molecule has 3 aromatic rings. The minimum absolute atomic E-state index is 0.319. The predicted molar refractivity (Wildman–Crippen MR) is 108 cm³/mol. The summed E-state index contributed by atoms with van der Waals surface area (Å²) in [7, 11) is 4.72. The van der Waals surface area contributed by atoms with Crippen LogP contribution in [0, 0.1) is 5.82 Å². The van der Waals surface area contributed by atoms with Crippen LogP contribution in [0.2, 0.25) is 0 Å². The molecule has 1 N–H and O–H groups in total. The molecule has 0 saturated carbocycles. The molecule has 5 nitrogen and oxygen atoms in total. The SMILES string of the molecule is COc1ccc(C(NC(=O)c2ccc(F)cc2)c2ccc(OC)c(OC)c2)cc1. The molecular weight excluding hydrogens is 373 g/mol. The number of carbonyl (C=O) groups excluding carboxylic acids is 1. The lowest BCUT2D eigenvalue weighted by Crippen LogP contribution is -2.29. The average molecular weight is 395 g/mol. The van der Waals surface area contributed by atoms with Gasteiger partial charge < -0.3 is 19.5 Å². The van der Waals surface area contributed by atoms with Gasteiger partial charge in [-0.25, -0.2) is 4.39 Å². The second kappa shape index (κ2) is 9.10. The quantitative estimate of drug-likeness (QED) is 0.645. The van der Waals surface area contributed by atoms with E-state index in [9.17, 15) is 9.18 Å². The third kappa shape index (κ3) is 4.66. The van der Waals surface area contributed by atoms with Crippen molar-refractivity contribution in [2.75, 3.05) is 21.3 Å². The molecule has 6 heteroatoms. The van der Waals surface area contributed by atoms with E-state index in [0.717, 1.165) is 11.1 Å². The summed E-state index contributed by atoms with van der Waals surface area (Å²) in [5.74, 6) is 1.15. The van der Waals surface area contributed by atoms with Gasteiger partial charge in [0, 0.05) is 5.56 Å². The lowest BCUT2D eigenvalue weighted by atomic mass is 9.97. The van der Waals surface area contributed by atoms with Crippen molar-refractivity contribution in [3.63, 3.8) is 0 Å². The zero-order valence-electron chi connectivity index (χ0n) is 16.4. The van der Waals surface area contributed by atoms with Gasteiger partial charge in [-0.1, -0.05) is 18.2 Å². The number of amides is 1. The van der Waals surface area contributed by atoms with Crippen LogP contribution >= 0.6 is 0 Å². The molecule has 0 aromatic heterocycles. The number of benzene rings is 3. The first-order chi connectivity index (χ1) is 14.0. The van der Waals surface area contributed by atoms with Crippen molar-refractivity contribution in [2.45, 2.75) is 6.04 Å². The Labute approximate surface area is 169 Å². The molecule has 150 valence electrons. The van der Waals surface area contributed by atoms with Crippen molar-refractivity contribution >= 4 is 5.91 Å². The minimum atomic E-state index is -0.460. The van der Waals surface area contributed by atoms with Crippen LogP contribution in [-0.4, -0.2) is 27.2 Å². The zero-order valence-corrected chi connectivity index (χ0v) is 16.4. The average Bonchev–Trinajstić information content (AvgIpc) is 2.77. The van der Waals surface area contributed by atoms with E-state index < -0.39 is 11.9 Å². The molecule has 29 heavy (non-hydrogen) atoms. The molecule has 0 heterocycles. The van der Waals surface area contributed by atoms with E-state index in [1.807, 2.05) is 36.4 Å². The Hall–Kier alpha value is -3.54. The maximum atomic E-state index is 13.2. The van der Waals surface area contributed by atoms with Gasteiger partial charge in [0.1, 0.15) is 11.6 Å². The number of nitrogens with one attached hydrogen (secondary N) is 1. The van der Waals surface area contributed by atoms with Crippen molar-refractivity contribution in [1.82, 2.24) is 5.32 Å². The Morgan fingerprint density at radius 3 is 2.00 bits per heavy atom. The topological polar surface area (TPSA) is 56.8 Å². The molecule has 0 aliphatic heterocycles. The number of methoxy groups -OCH3 is 3. The summed E-state index contributed by atoms with van der Waals surface area (Å²) in [5.41, 5.74) is 2.03. The lowest BCUT2D eigenvalue weighted by molar-refractivity contribution is 0.0943. The first-order valence-corrected chi connectivity index (χ1v) is 8.98. The van der Waals surface area contributed by atoms with Gasteiger partial charge in [0.05, 0.1) is 27.4 Å². The summed E-state index contributed by atoms with van der Waals surface area (Å²) in [6.45, 7) is 0. The van der Waals surface area contributed by atoms with Crippen LogP contribution < -0.4 is 19.5 Å². The van der Waals surface area contributed by atoms with E-state index in [-0.39, 0.29) is 5.91 Å². The maximum Gasteiger partial charge on any atom is 0.252 e.